The van der Waals surface area contributed by atoms with E-state index in [1.165, 1.54) is 36.9 Å². The van der Waals surface area contributed by atoms with E-state index in [0.717, 1.165) is 36.1 Å². The highest BCUT2D eigenvalue weighted by atomic mass is 35.5. The summed E-state index contributed by atoms with van der Waals surface area (Å²) in [6.07, 6.45) is 8.34. The van der Waals surface area contributed by atoms with Gasteiger partial charge in [-0.25, -0.2) is 9.37 Å². The largest absolute Gasteiger partial charge is 0.490 e. The topological polar surface area (TPSA) is 79.0 Å². The molecule has 0 unspecified atom stereocenters. The van der Waals surface area contributed by atoms with E-state index in [1.807, 2.05) is 29.9 Å². The molecule has 1 aliphatic rings. The number of pyridine rings is 1. The molecule has 1 N–H and O–H groups in total. The number of aromatic nitrogens is 3. The first-order valence-corrected chi connectivity index (χ1v) is 13.3. The monoisotopic (exact) mass is 536 g/mol. The van der Waals surface area contributed by atoms with Crippen molar-refractivity contribution in [1.29, 1.82) is 5.26 Å². The molecular weight excluding hydrogens is 511 g/mol. The summed E-state index contributed by atoms with van der Waals surface area (Å²) in [5.74, 6) is -0.329. The fourth-order valence-electron chi connectivity index (χ4n) is 4.35. The minimum absolute atomic E-state index is 0.147. The second-order valence-corrected chi connectivity index (χ2v) is 10.3. The van der Waals surface area contributed by atoms with Crippen molar-refractivity contribution in [2.75, 3.05) is 31.6 Å². The van der Waals surface area contributed by atoms with Crippen LogP contribution in [0.5, 0.6) is 5.75 Å². The zero-order valence-corrected chi connectivity index (χ0v) is 21.9. The van der Waals surface area contributed by atoms with Crippen molar-refractivity contribution in [3.63, 3.8) is 0 Å². The fraction of sp³-hybridized carbons (Fsp3) is 0.296. The molecule has 0 saturated carbocycles. The molecule has 0 amide bonds. The second kappa shape index (κ2) is 11.4. The quantitative estimate of drug-likeness (QED) is 0.248. The van der Waals surface area contributed by atoms with Gasteiger partial charge in [0.05, 0.1) is 28.4 Å². The molecule has 1 saturated heterocycles. The molecule has 3 heterocycles. The molecule has 0 spiro atoms. The number of fused-ring (bicyclic) bond motifs is 1. The van der Waals surface area contributed by atoms with Gasteiger partial charge in [-0.05, 0) is 56.6 Å². The molecule has 1 fully saturated rings. The maximum Gasteiger partial charge on any atom is 0.172 e. The maximum atomic E-state index is 14.8. The Balaban J connectivity index is 1.38. The summed E-state index contributed by atoms with van der Waals surface area (Å²) in [6, 6.07) is 10.7. The zero-order chi connectivity index (χ0) is 25.8. The Morgan fingerprint density at radius 2 is 2.05 bits per heavy atom. The number of nitrogens with zero attached hydrogens (tertiary/aromatic N) is 5. The lowest BCUT2D eigenvalue weighted by Gasteiger charge is -2.16. The van der Waals surface area contributed by atoms with Crippen LogP contribution in [0.15, 0.2) is 59.0 Å². The molecule has 190 valence electrons. The third-order valence-corrected chi connectivity index (χ3v) is 7.87. The van der Waals surface area contributed by atoms with E-state index in [4.69, 9.17) is 16.3 Å². The first-order valence-electron chi connectivity index (χ1n) is 12.1. The summed E-state index contributed by atoms with van der Waals surface area (Å²) in [5, 5.41) is 15.0. The Bertz CT molecular complexity index is 1460. The first-order chi connectivity index (χ1) is 18.0. The third-order valence-electron chi connectivity index (χ3n) is 6.30. The summed E-state index contributed by atoms with van der Waals surface area (Å²) in [5.41, 5.74) is 1.98. The molecule has 7 nitrogen and oxygen atoms in total. The molecule has 10 heteroatoms. The number of hydrogen-bond acceptors (Lipinski definition) is 7. The predicted octanol–water partition coefficient (Wildman–Crippen LogP) is 6.39. The van der Waals surface area contributed by atoms with Gasteiger partial charge >= 0.3 is 0 Å². The van der Waals surface area contributed by atoms with Crippen LogP contribution >= 0.6 is 23.4 Å². The predicted molar refractivity (Wildman–Crippen MR) is 144 cm³/mol. The minimum Gasteiger partial charge on any atom is -0.490 e. The van der Waals surface area contributed by atoms with Crippen molar-refractivity contribution in [2.24, 2.45) is 7.05 Å². The summed E-state index contributed by atoms with van der Waals surface area (Å²) >= 11 is 8.03. The van der Waals surface area contributed by atoms with Crippen molar-refractivity contribution in [3.8, 4) is 11.8 Å². The smallest absolute Gasteiger partial charge is 0.172 e. The molecule has 1 aliphatic heterocycles. The second-order valence-electron chi connectivity index (χ2n) is 8.90. The number of rotatable bonds is 9. The number of likely N-dealkylation sites (tertiary alicyclic amines) is 1. The van der Waals surface area contributed by atoms with Crippen LogP contribution in [-0.2, 0) is 7.05 Å². The number of aryl methyl sites for hydroxylation is 1. The van der Waals surface area contributed by atoms with Crippen LogP contribution < -0.4 is 10.1 Å². The molecule has 2 aromatic heterocycles. The highest BCUT2D eigenvalue weighted by molar-refractivity contribution is 7.99. The lowest BCUT2D eigenvalue weighted by Crippen LogP contribution is -2.22. The zero-order valence-electron chi connectivity index (χ0n) is 20.4. The Morgan fingerprint density at radius 3 is 2.78 bits per heavy atom. The number of ether oxygens (including phenoxy) is 1. The van der Waals surface area contributed by atoms with E-state index in [9.17, 15) is 9.65 Å². The highest BCUT2D eigenvalue weighted by Crippen LogP contribution is 2.37. The van der Waals surface area contributed by atoms with E-state index in [1.54, 1.807) is 18.3 Å². The van der Waals surface area contributed by atoms with E-state index >= 15 is 0 Å². The van der Waals surface area contributed by atoms with Gasteiger partial charge in [-0.3, -0.25) is 4.98 Å². The Hall–Kier alpha value is -3.32. The van der Waals surface area contributed by atoms with Crippen LogP contribution in [0.3, 0.4) is 0 Å². The fourth-order valence-corrected chi connectivity index (χ4v) is 5.46. The molecule has 5 rings (SSSR count). The van der Waals surface area contributed by atoms with Gasteiger partial charge < -0.3 is 19.5 Å². The molecular formula is C27H26ClFN6OS. The number of halogens is 2. The lowest BCUT2D eigenvalue weighted by molar-refractivity contribution is 0.256. The third kappa shape index (κ3) is 5.82. The molecule has 2 aromatic carbocycles. The lowest BCUT2D eigenvalue weighted by atomic mass is 10.1. The minimum atomic E-state index is -0.476. The van der Waals surface area contributed by atoms with Crippen molar-refractivity contribution in [2.45, 2.75) is 29.3 Å². The van der Waals surface area contributed by atoms with Gasteiger partial charge in [0.15, 0.2) is 16.7 Å². The number of imidazole rings is 1. The van der Waals surface area contributed by atoms with E-state index in [-0.39, 0.29) is 5.75 Å². The van der Waals surface area contributed by atoms with Gasteiger partial charge in [-0.2, -0.15) is 5.26 Å². The molecule has 0 aliphatic carbocycles. The Kier molecular flexibility index (Phi) is 7.79. The number of nitriles is 1. The normalized spacial score (nSPS) is 13.7. The Morgan fingerprint density at radius 1 is 1.22 bits per heavy atom. The van der Waals surface area contributed by atoms with Gasteiger partial charge in [-0.1, -0.05) is 23.4 Å². The summed E-state index contributed by atoms with van der Waals surface area (Å²) < 4.78 is 22.5. The molecule has 37 heavy (non-hydrogen) atoms. The number of hydrogen-bond donors (Lipinski definition) is 1. The van der Waals surface area contributed by atoms with Crippen LogP contribution in [0.25, 0.3) is 10.9 Å². The summed E-state index contributed by atoms with van der Waals surface area (Å²) in [4.78, 5) is 11.9. The molecule has 4 aromatic rings. The standard InChI is InChI=1S/C27H26ClFN6OS/c1-34-11-7-31-27(34)37-25-6-5-19(13-21(25)28)33-26-18(16-30)17-32-23-15-22(29)24(14-20(23)26)36-12-4-10-35-8-2-3-9-35/h5-7,11,13-15,17H,2-4,8-10,12H2,1H3,(H,32,33). The molecule has 0 radical (unpaired) electrons. The van der Waals surface area contributed by atoms with Gasteiger partial charge in [0, 0.05) is 54.2 Å². The Labute approximate surface area is 224 Å². The van der Waals surface area contributed by atoms with Crippen LogP contribution in [0, 0.1) is 17.1 Å². The van der Waals surface area contributed by atoms with Crippen molar-refractivity contribution < 1.29 is 9.13 Å². The van der Waals surface area contributed by atoms with Crippen LogP contribution in [0.1, 0.15) is 24.8 Å². The molecule has 0 atom stereocenters. The van der Waals surface area contributed by atoms with Gasteiger partial charge in [0.1, 0.15) is 6.07 Å². The average Bonchev–Trinajstić information content (AvgIpc) is 3.56. The van der Waals surface area contributed by atoms with Crippen molar-refractivity contribution in [1.82, 2.24) is 19.4 Å². The van der Waals surface area contributed by atoms with Crippen molar-refractivity contribution >= 4 is 45.6 Å². The van der Waals surface area contributed by atoms with E-state index in [2.05, 4.69) is 26.3 Å². The number of nitrogens with one attached hydrogen (secondary N) is 1. The SMILES string of the molecule is Cn1ccnc1Sc1ccc(Nc2c(C#N)cnc3cc(F)c(OCCCN4CCCC4)cc23)cc1Cl. The number of anilines is 2. The van der Waals surface area contributed by atoms with E-state index in [0.29, 0.717) is 39.5 Å². The van der Waals surface area contributed by atoms with Crippen LogP contribution in [0.2, 0.25) is 5.02 Å². The van der Waals surface area contributed by atoms with Crippen LogP contribution in [0.4, 0.5) is 15.8 Å². The van der Waals surface area contributed by atoms with Gasteiger partial charge in [0.2, 0.25) is 0 Å². The molecule has 0 bridgehead atoms. The van der Waals surface area contributed by atoms with Crippen molar-refractivity contribution in [3.05, 3.63) is 65.3 Å². The highest BCUT2D eigenvalue weighted by Gasteiger charge is 2.16. The van der Waals surface area contributed by atoms with Crippen LogP contribution in [-0.4, -0.2) is 45.7 Å². The van der Waals surface area contributed by atoms with Gasteiger partial charge in [-0.15, -0.1) is 0 Å². The summed E-state index contributed by atoms with van der Waals surface area (Å²) in [6.45, 7) is 3.60. The first kappa shape index (κ1) is 25.3. The average molecular weight is 537 g/mol. The summed E-state index contributed by atoms with van der Waals surface area (Å²) in [7, 11) is 1.92. The van der Waals surface area contributed by atoms with E-state index < -0.39 is 5.82 Å². The number of benzene rings is 2. The maximum absolute atomic E-state index is 14.8. The van der Waals surface area contributed by atoms with Gasteiger partial charge in [0.25, 0.3) is 0 Å².